The van der Waals surface area contributed by atoms with E-state index in [9.17, 15) is 0 Å². The third-order valence-corrected chi connectivity index (χ3v) is 3.92. The van der Waals surface area contributed by atoms with Gasteiger partial charge < -0.3 is 9.05 Å². The van der Waals surface area contributed by atoms with E-state index in [4.69, 9.17) is 9.05 Å². The van der Waals surface area contributed by atoms with Crippen LogP contribution in [0.25, 0.3) is 6.08 Å². The molecule has 0 unspecified atom stereocenters. The number of rotatable bonds is 8. The van der Waals surface area contributed by atoms with Gasteiger partial charge >= 0.3 is 0 Å². The fourth-order valence-corrected chi connectivity index (χ4v) is 2.43. The Kier molecular flexibility index (Phi) is 7.27. The van der Waals surface area contributed by atoms with E-state index in [1.165, 1.54) is 0 Å². The molecule has 6 heteroatoms. The smallest absolute Gasteiger partial charge is 0.220 e. The van der Waals surface area contributed by atoms with E-state index in [-0.39, 0.29) is 0 Å². The van der Waals surface area contributed by atoms with Crippen LogP contribution in [0.15, 0.2) is 47.8 Å². The molecule has 0 saturated carbocycles. The molecule has 0 aromatic heterocycles. The van der Waals surface area contributed by atoms with Gasteiger partial charge in [0.1, 0.15) is 0 Å². The van der Waals surface area contributed by atoms with Gasteiger partial charge in [0.2, 0.25) is 16.6 Å². The molecule has 1 rings (SSSR count). The van der Waals surface area contributed by atoms with E-state index in [0.717, 1.165) is 17.0 Å². The summed E-state index contributed by atoms with van der Waals surface area (Å²) >= 11 is 0. The van der Waals surface area contributed by atoms with Crippen molar-refractivity contribution >= 4 is 22.7 Å². The van der Waals surface area contributed by atoms with E-state index in [2.05, 4.69) is 68.5 Å². The number of allylic oxidation sites excluding steroid dienone is 2. The number of hydrogen-bond acceptors (Lipinski definition) is 4. The zero-order valence-corrected chi connectivity index (χ0v) is 17.4. The molecule has 0 saturated heterocycles. The summed E-state index contributed by atoms with van der Waals surface area (Å²) in [6.45, 7) is 14.8. The molecule has 0 fully saturated rings. The molecule has 2 N–H and O–H groups in total. The first-order chi connectivity index (χ1) is 10.6. The predicted molar refractivity (Wildman–Crippen MR) is 103 cm³/mol. The Balaban J connectivity index is 2.88. The Morgan fingerprint density at radius 3 is 1.91 bits per heavy atom. The lowest BCUT2D eigenvalue weighted by atomic mass is 10.2. The predicted octanol–water partition coefficient (Wildman–Crippen LogP) is 4.64. The van der Waals surface area contributed by atoms with Crippen molar-refractivity contribution in [1.29, 1.82) is 0 Å². The maximum absolute atomic E-state index is 5.83. The number of hydroxylamine groups is 2. The molecule has 0 bridgehead atoms. The molecule has 1 aromatic carbocycles. The second-order valence-electron chi connectivity index (χ2n) is 7.47. The lowest BCUT2D eigenvalue weighted by molar-refractivity contribution is 0.216. The van der Waals surface area contributed by atoms with E-state index in [1.54, 1.807) is 0 Å². The maximum Gasteiger partial charge on any atom is 0.220 e. The van der Waals surface area contributed by atoms with Crippen LogP contribution < -0.4 is 11.0 Å². The van der Waals surface area contributed by atoms with Crippen molar-refractivity contribution in [3.63, 3.8) is 0 Å². The second-order valence-corrected chi connectivity index (χ2v) is 16.3. The summed E-state index contributed by atoms with van der Waals surface area (Å²) in [7, 11) is -3.27. The summed E-state index contributed by atoms with van der Waals surface area (Å²) in [4.78, 5) is 0. The lowest BCUT2D eigenvalue weighted by Crippen LogP contribution is -2.34. The fraction of sp³-hybridized carbons (Fsp3) is 0.412. The molecule has 0 heterocycles. The molecule has 1 aromatic rings. The zero-order valence-electron chi connectivity index (χ0n) is 15.4. The highest BCUT2D eigenvalue weighted by molar-refractivity contribution is 6.70. The van der Waals surface area contributed by atoms with Gasteiger partial charge in [0.15, 0.2) is 0 Å². The normalized spacial score (nSPS) is 13.9. The van der Waals surface area contributed by atoms with Crippen molar-refractivity contribution < 1.29 is 9.05 Å². The molecular formula is C17H30N2O2Si2. The van der Waals surface area contributed by atoms with Crippen LogP contribution in [-0.4, -0.2) is 16.6 Å². The van der Waals surface area contributed by atoms with Crippen LogP contribution in [0.4, 0.5) is 0 Å². The van der Waals surface area contributed by atoms with E-state index >= 15 is 0 Å². The zero-order chi connectivity index (χ0) is 17.5. The van der Waals surface area contributed by atoms with Crippen molar-refractivity contribution in [1.82, 2.24) is 11.0 Å². The third kappa shape index (κ3) is 10.1. The van der Waals surface area contributed by atoms with Crippen molar-refractivity contribution in [2.75, 3.05) is 0 Å². The van der Waals surface area contributed by atoms with Crippen molar-refractivity contribution in [3.05, 3.63) is 53.4 Å². The SMILES string of the molecule is CC(=CC(=Cc1ccccc1)NO[Si](C)(C)C)NO[Si](C)(C)C. The molecular weight excluding hydrogens is 320 g/mol. The first-order valence-electron chi connectivity index (χ1n) is 7.88. The Morgan fingerprint density at radius 1 is 0.870 bits per heavy atom. The molecule has 0 amide bonds. The van der Waals surface area contributed by atoms with E-state index < -0.39 is 16.6 Å². The van der Waals surface area contributed by atoms with Gasteiger partial charge in [0.25, 0.3) is 0 Å². The molecule has 0 aliphatic heterocycles. The molecule has 0 aliphatic carbocycles. The van der Waals surface area contributed by atoms with Gasteiger partial charge in [-0.3, -0.25) is 11.0 Å². The van der Waals surface area contributed by atoms with Crippen LogP contribution >= 0.6 is 0 Å². The molecule has 128 valence electrons. The van der Waals surface area contributed by atoms with E-state index in [1.807, 2.05) is 31.2 Å². The van der Waals surface area contributed by atoms with Crippen LogP contribution in [0.5, 0.6) is 0 Å². The molecule has 0 radical (unpaired) electrons. The first kappa shape index (κ1) is 19.7. The summed E-state index contributed by atoms with van der Waals surface area (Å²) in [6.07, 6.45) is 4.05. The van der Waals surface area contributed by atoms with Crippen molar-refractivity contribution in [2.24, 2.45) is 0 Å². The molecule has 0 aliphatic rings. The topological polar surface area (TPSA) is 42.5 Å². The van der Waals surface area contributed by atoms with Crippen LogP contribution in [0.2, 0.25) is 39.3 Å². The lowest BCUT2D eigenvalue weighted by Gasteiger charge is -2.21. The Hall–Kier alpha value is -1.35. The summed E-state index contributed by atoms with van der Waals surface area (Å²) < 4.78 is 11.5. The van der Waals surface area contributed by atoms with Crippen molar-refractivity contribution in [3.8, 4) is 0 Å². The second kappa shape index (κ2) is 8.49. The summed E-state index contributed by atoms with van der Waals surface area (Å²) in [5.41, 5.74) is 9.07. The monoisotopic (exact) mass is 350 g/mol. The number of benzene rings is 1. The van der Waals surface area contributed by atoms with Gasteiger partial charge in [0.05, 0.1) is 5.70 Å². The average molecular weight is 351 g/mol. The highest BCUT2D eigenvalue weighted by atomic mass is 28.4. The minimum atomic E-state index is -1.66. The van der Waals surface area contributed by atoms with Crippen LogP contribution in [0, 0.1) is 0 Å². The first-order valence-corrected chi connectivity index (χ1v) is 14.7. The number of hydrogen-bond donors (Lipinski definition) is 2. The van der Waals surface area contributed by atoms with Gasteiger partial charge in [-0.2, -0.15) is 0 Å². The largest absolute Gasteiger partial charge is 0.323 e. The summed E-state index contributed by atoms with van der Waals surface area (Å²) in [5, 5.41) is 0. The van der Waals surface area contributed by atoms with Crippen LogP contribution in [0.3, 0.4) is 0 Å². The highest BCUT2D eigenvalue weighted by Gasteiger charge is 2.16. The Morgan fingerprint density at radius 2 is 1.39 bits per heavy atom. The van der Waals surface area contributed by atoms with Crippen molar-refractivity contribution in [2.45, 2.75) is 46.2 Å². The maximum atomic E-state index is 5.83. The quantitative estimate of drug-likeness (QED) is 0.407. The molecule has 23 heavy (non-hydrogen) atoms. The van der Waals surface area contributed by atoms with Crippen LogP contribution in [-0.2, 0) is 9.05 Å². The van der Waals surface area contributed by atoms with Gasteiger partial charge in [-0.25, -0.2) is 0 Å². The number of nitrogens with one attached hydrogen (secondary N) is 2. The Labute approximate surface area is 142 Å². The molecule has 4 nitrogen and oxygen atoms in total. The summed E-state index contributed by atoms with van der Waals surface area (Å²) in [5.74, 6) is 0. The third-order valence-electron chi connectivity index (χ3n) is 2.49. The minimum absolute atomic E-state index is 0.891. The van der Waals surface area contributed by atoms with Gasteiger partial charge in [-0.05, 0) is 63.9 Å². The van der Waals surface area contributed by atoms with Gasteiger partial charge in [0, 0.05) is 5.70 Å². The highest BCUT2D eigenvalue weighted by Crippen LogP contribution is 2.10. The molecule has 0 spiro atoms. The fourth-order valence-electron chi connectivity index (χ4n) is 1.54. The van der Waals surface area contributed by atoms with E-state index in [0.29, 0.717) is 0 Å². The Bertz CT molecular complexity index is 544. The van der Waals surface area contributed by atoms with Gasteiger partial charge in [-0.15, -0.1) is 0 Å². The van der Waals surface area contributed by atoms with Gasteiger partial charge in [-0.1, -0.05) is 30.3 Å². The standard InChI is InChI=1S/C17H30N2O2Si2/c1-15(18-20-22(2,3)4)13-17(19-21-23(5,6)7)14-16-11-9-8-10-12-16/h8-14,18-19H,1-7H3. The summed E-state index contributed by atoms with van der Waals surface area (Å²) in [6, 6.07) is 10.2. The minimum Gasteiger partial charge on any atom is -0.323 e. The molecule has 0 atom stereocenters. The average Bonchev–Trinajstić information content (AvgIpc) is 2.42. The van der Waals surface area contributed by atoms with Crippen LogP contribution in [0.1, 0.15) is 12.5 Å².